The zero-order chi connectivity index (χ0) is 8.60. The summed E-state index contributed by atoms with van der Waals surface area (Å²) in [6.07, 6.45) is 4.32. The van der Waals surface area contributed by atoms with Crippen LogP contribution in [0, 0.1) is 6.92 Å². The SMILES string of the molecule is CNC1(c2ncccc2C)CC1. The molecule has 0 unspecified atom stereocenters. The number of pyridine rings is 1. The summed E-state index contributed by atoms with van der Waals surface area (Å²) in [5.41, 5.74) is 2.74. The van der Waals surface area contributed by atoms with E-state index in [4.69, 9.17) is 0 Å². The summed E-state index contributed by atoms with van der Waals surface area (Å²) in [6.45, 7) is 2.12. The Balaban J connectivity index is 2.40. The lowest BCUT2D eigenvalue weighted by Crippen LogP contribution is -2.26. The van der Waals surface area contributed by atoms with E-state index in [1.807, 2.05) is 19.3 Å². The van der Waals surface area contributed by atoms with E-state index in [0.29, 0.717) is 0 Å². The van der Waals surface area contributed by atoms with Gasteiger partial charge in [0.15, 0.2) is 0 Å². The Morgan fingerprint density at radius 2 is 2.25 bits per heavy atom. The van der Waals surface area contributed by atoms with Crippen molar-refractivity contribution in [2.45, 2.75) is 25.3 Å². The highest BCUT2D eigenvalue weighted by Crippen LogP contribution is 2.44. The Morgan fingerprint density at radius 1 is 1.50 bits per heavy atom. The molecule has 0 spiro atoms. The van der Waals surface area contributed by atoms with E-state index < -0.39 is 0 Å². The maximum Gasteiger partial charge on any atom is 0.0633 e. The molecular weight excluding hydrogens is 148 g/mol. The number of aromatic nitrogens is 1. The molecule has 1 aromatic heterocycles. The first-order valence-corrected chi connectivity index (χ1v) is 4.39. The molecule has 2 rings (SSSR count). The molecule has 0 aliphatic heterocycles. The fourth-order valence-electron chi connectivity index (χ4n) is 1.72. The van der Waals surface area contributed by atoms with E-state index >= 15 is 0 Å². The van der Waals surface area contributed by atoms with Gasteiger partial charge in [-0.15, -0.1) is 0 Å². The molecule has 12 heavy (non-hydrogen) atoms. The van der Waals surface area contributed by atoms with Gasteiger partial charge in [0.05, 0.1) is 11.2 Å². The largest absolute Gasteiger partial charge is 0.309 e. The fraction of sp³-hybridized carbons (Fsp3) is 0.500. The maximum atomic E-state index is 4.42. The molecule has 64 valence electrons. The van der Waals surface area contributed by atoms with E-state index in [2.05, 4.69) is 23.3 Å². The van der Waals surface area contributed by atoms with Gasteiger partial charge in [0.2, 0.25) is 0 Å². The van der Waals surface area contributed by atoms with Crippen LogP contribution >= 0.6 is 0 Å². The van der Waals surface area contributed by atoms with Gasteiger partial charge in [-0.2, -0.15) is 0 Å². The topological polar surface area (TPSA) is 24.9 Å². The lowest BCUT2D eigenvalue weighted by atomic mass is 10.1. The fourth-order valence-corrected chi connectivity index (χ4v) is 1.72. The monoisotopic (exact) mass is 162 g/mol. The minimum absolute atomic E-state index is 0.214. The zero-order valence-corrected chi connectivity index (χ0v) is 7.59. The highest BCUT2D eigenvalue weighted by Gasteiger charge is 2.44. The Morgan fingerprint density at radius 3 is 2.75 bits per heavy atom. The lowest BCUT2D eigenvalue weighted by Gasteiger charge is -2.15. The Bertz CT molecular complexity index is 290. The minimum Gasteiger partial charge on any atom is -0.309 e. The number of nitrogens with zero attached hydrogens (tertiary/aromatic N) is 1. The summed E-state index contributed by atoms with van der Waals surface area (Å²) >= 11 is 0. The van der Waals surface area contributed by atoms with Gasteiger partial charge in [0.25, 0.3) is 0 Å². The van der Waals surface area contributed by atoms with E-state index in [-0.39, 0.29) is 5.54 Å². The van der Waals surface area contributed by atoms with Crippen LogP contribution in [-0.4, -0.2) is 12.0 Å². The molecule has 1 saturated carbocycles. The smallest absolute Gasteiger partial charge is 0.0633 e. The van der Waals surface area contributed by atoms with Crippen LogP contribution in [0.3, 0.4) is 0 Å². The molecule has 1 fully saturated rings. The van der Waals surface area contributed by atoms with Crippen molar-refractivity contribution in [3.05, 3.63) is 29.6 Å². The first-order chi connectivity index (χ1) is 5.78. The van der Waals surface area contributed by atoms with Gasteiger partial charge < -0.3 is 5.32 Å². The van der Waals surface area contributed by atoms with Crippen LogP contribution in [0.4, 0.5) is 0 Å². The maximum absolute atomic E-state index is 4.42. The van der Waals surface area contributed by atoms with E-state index in [1.54, 1.807) is 0 Å². The normalized spacial score (nSPS) is 19.2. The Hall–Kier alpha value is -0.890. The quantitative estimate of drug-likeness (QED) is 0.714. The predicted octanol–water partition coefficient (Wildman–Crippen LogP) is 1.60. The van der Waals surface area contributed by atoms with Crippen molar-refractivity contribution in [2.24, 2.45) is 0 Å². The summed E-state index contributed by atoms with van der Waals surface area (Å²) in [6, 6.07) is 4.12. The standard InChI is InChI=1S/C10H14N2/c1-8-4-3-7-12-9(8)10(11-2)5-6-10/h3-4,7,11H,5-6H2,1-2H3. The first-order valence-electron chi connectivity index (χ1n) is 4.39. The summed E-state index contributed by atoms with van der Waals surface area (Å²) in [5, 5.41) is 3.35. The van der Waals surface area contributed by atoms with Crippen LogP contribution < -0.4 is 5.32 Å². The first kappa shape index (κ1) is 7.74. The molecule has 0 radical (unpaired) electrons. The van der Waals surface area contributed by atoms with E-state index in [9.17, 15) is 0 Å². The van der Waals surface area contributed by atoms with Crippen molar-refractivity contribution in [3.8, 4) is 0 Å². The van der Waals surface area contributed by atoms with Gasteiger partial charge in [-0.1, -0.05) is 6.07 Å². The molecule has 2 heteroatoms. The van der Waals surface area contributed by atoms with Crippen LogP contribution in [0.15, 0.2) is 18.3 Å². The molecule has 1 aliphatic carbocycles. The van der Waals surface area contributed by atoms with Crippen LogP contribution in [0.25, 0.3) is 0 Å². The lowest BCUT2D eigenvalue weighted by molar-refractivity contribution is 0.563. The molecule has 1 aromatic rings. The second-order valence-electron chi connectivity index (χ2n) is 3.50. The van der Waals surface area contributed by atoms with Crippen LogP contribution in [-0.2, 0) is 5.54 Å². The van der Waals surface area contributed by atoms with Gasteiger partial charge in [-0.3, -0.25) is 4.98 Å². The molecule has 0 saturated heterocycles. The van der Waals surface area contributed by atoms with Crippen LogP contribution in [0.1, 0.15) is 24.1 Å². The summed E-state index contributed by atoms with van der Waals surface area (Å²) in [4.78, 5) is 4.42. The zero-order valence-electron chi connectivity index (χ0n) is 7.59. The number of nitrogens with one attached hydrogen (secondary N) is 1. The number of hydrogen-bond acceptors (Lipinski definition) is 2. The summed E-state index contributed by atoms with van der Waals surface area (Å²) in [7, 11) is 2.02. The number of hydrogen-bond donors (Lipinski definition) is 1. The minimum atomic E-state index is 0.214. The second-order valence-corrected chi connectivity index (χ2v) is 3.50. The third kappa shape index (κ3) is 1.03. The van der Waals surface area contributed by atoms with Crippen LogP contribution in [0.2, 0.25) is 0 Å². The van der Waals surface area contributed by atoms with E-state index in [1.165, 1.54) is 24.1 Å². The van der Waals surface area contributed by atoms with Gasteiger partial charge in [-0.05, 0) is 38.4 Å². The van der Waals surface area contributed by atoms with E-state index in [0.717, 1.165) is 0 Å². The second kappa shape index (κ2) is 2.56. The molecule has 1 heterocycles. The molecule has 0 atom stereocenters. The molecule has 2 nitrogen and oxygen atoms in total. The summed E-state index contributed by atoms with van der Waals surface area (Å²) in [5.74, 6) is 0. The predicted molar refractivity (Wildman–Crippen MR) is 48.9 cm³/mol. The van der Waals surface area contributed by atoms with Gasteiger partial charge >= 0.3 is 0 Å². The van der Waals surface area contributed by atoms with Crippen molar-refractivity contribution in [1.82, 2.24) is 10.3 Å². The third-order valence-electron chi connectivity index (χ3n) is 2.69. The van der Waals surface area contributed by atoms with Gasteiger partial charge in [0, 0.05) is 6.20 Å². The molecule has 0 aromatic carbocycles. The number of aryl methyl sites for hydroxylation is 1. The molecule has 0 amide bonds. The number of rotatable bonds is 2. The molecule has 1 N–H and O–H groups in total. The average Bonchev–Trinajstić information content (AvgIpc) is 2.86. The third-order valence-corrected chi connectivity index (χ3v) is 2.69. The Kier molecular flexibility index (Phi) is 1.65. The molecule has 0 bridgehead atoms. The molecule has 1 aliphatic rings. The average molecular weight is 162 g/mol. The van der Waals surface area contributed by atoms with Crippen molar-refractivity contribution < 1.29 is 0 Å². The summed E-state index contributed by atoms with van der Waals surface area (Å²) < 4.78 is 0. The van der Waals surface area contributed by atoms with Gasteiger partial charge in [-0.25, -0.2) is 0 Å². The highest BCUT2D eigenvalue weighted by atomic mass is 15.0. The van der Waals surface area contributed by atoms with Crippen molar-refractivity contribution in [1.29, 1.82) is 0 Å². The Labute approximate surface area is 73.0 Å². The van der Waals surface area contributed by atoms with Gasteiger partial charge in [0.1, 0.15) is 0 Å². The van der Waals surface area contributed by atoms with Crippen LogP contribution in [0.5, 0.6) is 0 Å². The van der Waals surface area contributed by atoms with Crippen molar-refractivity contribution >= 4 is 0 Å². The van der Waals surface area contributed by atoms with Crippen molar-refractivity contribution in [3.63, 3.8) is 0 Å². The molecular formula is C10H14N2. The highest BCUT2D eigenvalue weighted by molar-refractivity contribution is 5.30. The van der Waals surface area contributed by atoms with Crippen molar-refractivity contribution in [2.75, 3.05) is 7.05 Å².